The molecule has 17 heavy (non-hydrogen) atoms. The minimum atomic E-state index is -4.97. The molecule has 1 aromatic carbocycles. The first-order valence-corrected chi connectivity index (χ1v) is 6.16. The largest absolute Gasteiger partial charge is 0.573 e. The molecule has 0 N–H and O–H groups in total. The van der Waals surface area contributed by atoms with Crippen LogP contribution in [-0.4, -0.2) is 28.1 Å². The average molecular weight is 270 g/mol. The van der Waals surface area contributed by atoms with Crippen molar-refractivity contribution < 1.29 is 31.1 Å². The van der Waals surface area contributed by atoms with Crippen LogP contribution in [0.25, 0.3) is 0 Å². The topological polar surface area (TPSA) is 52.6 Å². The highest BCUT2D eigenvalue weighted by Gasteiger charge is 2.33. The van der Waals surface area contributed by atoms with Crippen molar-refractivity contribution >= 4 is 9.84 Å². The van der Waals surface area contributed by atoms with Crippen LogP contribution in [-0.2, 0) is 9.84 Å². The molecule has 4 nitrogen and oxygen atoms in total. The molecule has 96 valence electrons. The molecule has 0 radical (unpaired) electrons. The number of halogens is 3. The lowest BCUT2D eigenvalue weighted by atomic mass is 10.3. The van der Waals surface area contributed by atoms with Crippen LogP contribution in [0.1, 0.15) is 0 Å². The maximum absolute atomic E-state index is 12.1. The van der Waals surface area contributed by atoms with Crippen molar-refractivity contribution in [3.8, 4) is 11.5 Å². The zero-order chi connectivity index (χ0) is 13.3. The fourth-order valence-electron chi connectivity index (χ4n) is 1.13. The van der Waals surface area contributed by atoms with Gasteiger partial charge in [0.1, 0.15) is 10.6 Å². The van der Waals surface area contributed by atoms with Gasteiger partial charge >= 0.3 is 6.36 Å². The van der Waals surface area contributed by atoms with Gasteiger partial charge in [-0.2, -0.15) is 0 Å². The van der Waals surface area contributed by atoms with E-state index in [1.165, 1.54) is 13.2 Å². The van der Waals surface area contributed by atoms with Crippen LogP contribution in [0, 0.1) is 0 Å². The number of rotatable bonds is 3. The predicted molar refractivity (Wildman–Crippen MR) is 52.8 cm³/mol. The monoisotopic (exact) mass is 270 g/mol. The van der Waals surface area contributed by atoms with E-state index in [1.54, 1.807) is 0 Å². The average Bonchev–Trinajstić information content (AvgIpc) is 2.13. The molecule has 0 spiro atoms. The smallest absolute Gasteiger partial charge is 0.497 e. The Kier molecular flexibility index (Phi) is 3.56. The SMILES string of the molecule is COc1ccc(S(C)(=O)=O)c(OC(F)(F)F)c1. The summed E-state index contributed by atoms with van der Waals surface area (Å²) in [5.74, 6) is -0.740. The summed E-state index contributed by atoms with van der Waals surface area (Å²) < 4.78 is 67.1. The maximum Gasteiger partial charge on any atom is 0.573 e. The number of ether oxygens (including phenoxy) is 2. The Morgan fingerprint density at radius 1 is 1.24 bits per heavy atom. The molecular weight excluding hydrogens is 261 g/mol. The van der Waals surface area contributed by atoms with E-state index in [4.69, 9.17) is 4.74 Å². The van der Waals surface area contributed by atoms with Crippen LogP contribution >= 0.6 is 0 Å². The maximum atomic E-state index is 12.1. The third kappa shape index (κ3) is 3.81. The second-order valence-electron chi connectivity index (χ2n) is 3.13. The highest BCUT2D eigenvalue weighted by atomic mass is 32.2. The van der Waals surface area contributed by atoms with Gasteiger partial charge in [0.25, 0.3) is 0 Å². The third-order valence-corrected chi connectivity index (χ3v) is 2.91. The molecule has 1 rings (SSSR count). The number of methoxy groups -OCH3 is 1. The zero-order valence-electron chi connectivity index (χ0n) is 8.91. The Labute approximate surface area is 95.9 Å². The van der Waals surface area contributed by atoms with Crippen molar-refractivity contribution in [2.24, 2.45) is 0 Å². The Morgan fingerprint density at radius 2 is 1.82 bits per heavy atom. The number of alkyl halides is 3. The van der Waals surface area contributed by atoms with Gasteiger partial charge < -0.3 is 9.47 Å². The molecule has 0 saturated carbocycles. The zero-order valence-corrected chi connectivity index (χ0v) is 9.72. The van der Waals surface area contributed by atoms with E-state index in [0.29, 0.717) is 0 Å². The van der Waals surface area contributed by atoms with E-state index < -0.39 is 26.8 Å². The summed E-state index contributed by atoms with van der Waals surface area (Å²) in [6.45, 7) is 0. The summed E-state index contributed by atoms with van der Waals surface area (Å²) in [5, 5.41) is 0. The van der Waals surface area contributed by atoms with Crippen LogP contribution in [0.5, 0.6) is 11.5 Å². The van der Waals surface area contributed by atoms with E-state index in [-0.39, 0.29) is 5.75 Å². The standard InChI is InChI=1S/C9H9F3O4S/c1-15-6-3-4-8(17(2,13)14)7(5-6)16-9(10,11)12/h3-5H,1-2H3. The third-order valence-electron chi connectivity index (χ3n) is 1.78. The van der Waals surface area contributed by atoms with Crippen LogP contribution in [0.15, 0.2) is 23.1 Å². The van der Waals surface area contributed by atoms with Crippen LogP contribution in [0.2, 0.25) is 0 Å². The minimum absolute atomic E-state index is 0.0663. The summed E-state index contributed by atoms with van der Waals surface area (Å²) >= 11 is 0. The number of benzene rings is 1. The van der Waals surface area contributed by atoms with Crippen LogP contribution in [0.4, 0.5) is 13.2 Å². The molecular formula is C9H9F3O4S. The van der Waals surface area contributed by atoms with Crippen molar-refractivity contribution in [3.63, 3.8) is 0 Å². The van der Waals surface area contributed by atoms with Crippen molar-refractivity contribution in [2.75, 3.05) is 13.4 Å². The molecule has 0 saturated heterocycles. The van der Waals surface area contributed by atoms with E-state index in [1.807, 2.05) is 0 Å². The van der Waals surface area contributed by atoms with Gasteiger partial charge in [-0.25, -0.2) is 8.42 Å². The molecule has 0 bridgehead atoms. The number of hydrogen-bond donors (Lipinski definition) is 0. The lowest BCUT2D eigenvalue weighted by molar-refractivity contribution is -0.275. The number of hydrogen-bond acceptors (Lipinski definition) is 4. The highest BCUT2D eigenvalue weighted by Crippen LogP contribution is 2.32. The quantitative estimate of drug-likeness (QED) is 0.843. The molecule has 1 aromatic rings. The summed E-state index contributed by atoms with van der Waals surface area (Å²) in [4.78, 5) is -0.546. The summed E-state index contributed by atoms with van der Waals surface area (Å²) in [6, 6.07) is 3.10. The van der Waals surface area contributed by atoms with Crippen molar-refractivity contribution in [3.05, 3.63) is 18.2 Å². The van der Waals surface area contributed by atoms with E-state index in [2.05, 4.69) is 4.74 Å². The molecule has 0 aliphatic rings. The fourth-order valence-corrected chi connectivity index (χ4v) is 1.91. The van der Waals surface area contributed by atoms with Gasteiger partial charge in [0.05, 0.1) is 7.11 Å². The second-order valence-corrected chi connectivity index (χ2v) is 5.12. The van der Waals surface area contributed by atoms with E-state index in [9.17, 15) is 21.6 Å². The Morgan fingerprint density at radius 3 is 2.24 bits per heavy atom. The van der Waals surface area contributed by atoms with Gasteiger partial charge in [-0.05, 0) is 12.1 Å². The molecule has 0 atom stereocenters. The molecule has 0 fully saturated rings. The Hall–Kier alpha value is -1.44. The molecule has 0 amide bonds. The molecule has 0 aromatic heterocycles. The van der Waals surface area contributed by atoms with E-state index in [0.717, 1.165) is 18.4 Å². The first-order chi connectivity index (χ1) is 7.63. The molecule has 8 heteroatoms. The predicted octanol–water partition coefficient (Wildman–Crippen LogP) is 2.00. The van der Waals surface area contributed by atoms with Gasteiger partial charge in [-0.1, -0.05) is 0 Å². The highest BCUT2D eigenvalue weighted by molar-refractivity contribution is 7.90. The Balaban J connectivity index is 3.32. The van der Waals surface area contributed by atoms with Gasteiger partial charge in [0, 0.05) is 12.3 Å². The first kappa shape index (κ1) is 13.6. The second kappa shape index (κ2) is 4.44. The van der Waals surface area contributed by atoms with Gasteiger partial charge in [0.15, 0.2) is 15.6 Å². The normalized spacial score (nSPS) is 12.3. The first-order valence-electron chi connectivity index (χ1n) is 4.27. The van der Waals surface area contributed by atoms with Crippen molar-refractivity contribution in [1.29, 1.82) is 0 Å². The van der Waals surface area contributed by atoms with Crippen molar-refractivity contribution in [2.45, 2.75) is 11.3 Å². The summed E-state index contributed by atoms with van der Waals surface area (Å²) in [6.07, 6.45) is -4.18. The fraction of sp³-hybridized carbons (Fsp3) is 0.333. The van der Waals surface area contributed by atoms with Crippen molar-refractivity contribution in [1.82, 2.24) is 0 Å². The van der Waals surface area contributed by atoms with E-state index >= 15 is 0 Å². The summed E-state index contributed by atoms with van der Waals surface area (Å²) in [5.41, 5.74) is 0. The molecule has 0 heterocycles. The molecule has 0 aliphatic heterocycles. The van der Waals surface area contributed by atoms with Gasteiger partial charge in [-0.3, -0.25) is 0 Å². The van der Waals surface area contributed by atoms with Gasteiger partial charge in [0.2, 0.25) is 0 Å². The lowest BCUT2D eigenvalue weighted by Gasteiger charge is -2.13. The van der Waals surface area contributed by atoms with Crippen LogP contribution < -0.4 is 9.47 Å². The lowest BCUT2D eigenvalue weighted by Crippen LogP contribution is -2.18. The Bertz CT molecular complexity index is 507. The summed E-state index contributed by atoms with van der Waals surface area (Å²) in [7, 11) is -2.57. The minimum Gasteiger partial charge on any atom is -0.497 e. The number of sulfone groups is 1. The molecule has 0 unspecified atom stereocenters. The van der Waals surface area contributed by atoms with Crippen LogP contribution in [0.3, 0.4) is 0 Å². The van der Waals surface area contributed by atoms with Gasteiger partial charge in [-0.15, -0.1) is 13.2 Å². The molecule has 0 aliphatic carbocycles.